The second-order valence-corrected chi connectivity index (χ2v) is 6.17. The Morgan fingerprint density at radius 3 is 2.72 bits per heavy atom. The number of carbonyl (C=O) groups excluding carboxylic acids is 2. The molecule has 0 aliphatic carbocycles. The topological polar surface area (TPSA) is 80.3 Å². The number of nitrogens with zero attached hydrogens (tertiary/aromatic N) is 1. The Hall–Kier alpha value is -2.89. The molecular weight excluding hydrogens is 318 g/mol. The van der Waals surface area contributed by atoms with Gasteiger partial charge in [0.05, 0.1) is 0 Å². The van der Waals surface area contributed by atoms with Crippen LogP contribution in [0.2, 0.25) is 0 Å². The first kappa shape index (κ1) is 17.0. The van der Waals surface area contributed by atoms with Gasteiger partial charge in [-0.15, -0.1) is 0 Å². The minimum absolute atomic E-state index is 0.0828. The van der Waals surface area contributed by atoms with Crippen LogP contribution >= 0.6 is 0 Å². The number of rotatable bonds is 5. The zero-order chi connectivity index (χ0) is 17.8. The molecule has 2 aromatic rings. The Bertz CT molecular complexity index is 784. The van der Waals surface area contributed by atoms with Gasteiger partial charge >= 0.3 is 0 Å². The number of aromatic nitrogens is 1. The Morgan fingerprint density at radius 1 is 1.28 bits per heavy atom. The summed E-state index contributed by atoms with van der Waals surface area (Å²) in [4.78, 5) is 27.7. The molecule has 0 saturated carbocycles. The lowest BCUT2D eigenvalue weighted by molar-refractivity contribution is -0.125. The number of hydrogen-bond donors (Lipinski definition) is 2. The number of hydrogen-bond acceptors (Lipinski definition) is 4. The molecule has 1 unspecified atom stereocenters. The monoisotopic (exact) mass is 339 g/mol. The van der Waals surface area contributed by atoms with Crippen LogP contribution in [0, 0.1) is 13.8 Å². The Balaban J connectivity index is 1.71. The van der Waals surface area contributed by atoms with Gasteiger partial charge in [-0.1, -0.05) is 24.3 Å². The summed E-state index contributed by atoms with van der Waals surface area (Å²) in [7, 11) is 0. The summed E-state index contributed by atoms with van der Waals surface area (Å²) in [6.45, 7) is 4.25. The molecule has 1 aliphatic rings. The smallest absolute Gasteiger partial charge is 0.242 e. The van der Waals surface area contributed by atoms with Crippen molar-refractivity contribution in [2.24, 2.45) is 0 Å². The number of benzene rings is 1. The SMILES string of the molecule is Cc1cccc(C)c1Oc1ncccc1CNC(=O)C1CCC(=O)N1. The van der Waals surface area contributed by atoms with Crippen molar-refractivity contribution in [2.75, 3.05) is 0 Å². The van der Waals surface area contributed by atoms with Crippen LogP contribution in [0.15, 0.2) is 36.5 Å². The van der Waals surface area contributed by atoms with Crippen molar-refractivity contribution < 1.29 is 14.3 Å². The average Bonchev–Trinajstić information content (AvgIpc) is 3.03. The predicted octanol–water partition coefficient (Wildman–Crippen LogP) is 2.39. The molecule has 1 aromatic heterocycles. The summed E-state index contributed by atoms with van der Waals surface area (Å²) in [6.07, 6.45) is 2.58. The lowest BCUT2D eigenvalue weighted by Crippen LogP contribution is -2.41. The third-order valence-corrected chi connectivity index (χ3v) is 4.22. The van der Waals surface area contributed by atoms with E-state index in [-0.39, 0.29) is 11.8 Å². The van der Waals surface area contributed by atoms with Gasteiger partial charge in [0.15, 0.2) is 0 Å². The summed E-state index contributed by atoms with van der Waals surface area (Å²) >= 11 is 0. The molecule has 1 fully saturated rings. The average molecular weight is 339 g/mol. The van der Waals surface area contributed by atoms with Crippen LogP contribution in [0.25, 0.3) is 0 Å². The molecule has 1 atom stereocenters. The van der Waals surface area contributed by atoms with Crippen LogP contribution in [0.5, 0.6) is 11.6 Å². The van der Waals surface area contributed by atoms with E-state index in [2.05, 4.69) is 15.6 Å². The number of aryl methyl sites for hydroxylation is 2. The molecule has 2 N–H and O–H groups in total. The highest BCUT2D eigenvalue weighted by atomic mass is 16.5. The lowest BCUT2D eigenvalue weighted by Gasteiger charge is -2.15. The first-order valence-corrected chi connectivity index (χ1v) is 8.29. The summed E-state index contributed by atoms with van der Waals surface area (Å²) in [5.74, 6) is 0.973. The molecule has 0 spiro atoms. The third-order valence-electron chi connectivity index (χ3n) is 4.22. The van der Waals surface area contributed by atoms with Crippen LogP contribution in [-0.4, -0.2) is 22.8 Å². The Labute approximate surface area is 146 Å². The van der Waals surface area contributed by atoms with E-state index in [0.29, 0.717) is 25.3 Å². The maximum atomic E-state index is 12.2. The number of ether oxygens (including phenoxy) is 1. The van der Waals surface area contributed by atoms with Crippen LogP contribution < -0.4 is 15.4 Å². The molecule has 2 amide bonds. The molecule has 25 heavy (non-hydrogen) atoms. The standard InChI is InChI=1S/C19H21N3O3/c1-12-5-3-6-13(2)17(12)25-19-14(7-4-10-20-19)11-21-18(24)15-8-9-16(23)22-15/h3-7,10,15H,8-9,11H2,1-2H3,(H,21,24)(H,22,23). The maximum Gasteiger partial charge on any atom is 0.242 e. The van der Waals surface area contributed by atoms with E-state index in [0.717, 1.165) is 22.4 Å². The van der Waals surface area contributed by atoms with E-state index in [4.69, 9.17) is 4.74 Å². The van der Waals surface area contributed by atoms with Crippen molar-refractivity contribution in [1.82, 2.24) is 15.6 Å². The molecule has 1 saturated heterocycles. The number of amides is 2. The van der Waals surface area contributed by atoms with Crippen molar-refractivity contribution in [3.8, 4) is 11.6 Å². The zero-order valence-electron chi connectivity index (χ0n) is 14.3. The van der Waals surface area contributed by atoms with Gasteiger partial charge in [0.1, 0.15) is 11.8 Å². The molecule has 130 valence electrons. The van der Waals surface area contributed by atoms with Gasteiger partial charge in [-0.25, -0.2) is 4.98 Å². The molecule has 2 heterocycles. The van der Waals surface area contributed by atoms with E-state index in [1.165, 1.54) is 0 Å². The molecule has 6 heteroatoms. The third kappa shape index (κ3) is 3.96. The summed E-state index contributed by atoms with van der Waals surface area (Å²) in [5, 5.41) is 5.50. The number of para-hydroxylation sites is 1. The van der Waals surface area contributed by atoms with Gasteiger partial charge in [-0.3, -0.25) is 9.59 Å². The van der Waals surface area contributed by atoms with Crippen LogP contribution in [0.3, 0.4) is 0 Å². The largest absolute Gasteiger partial charge is 0.438 e. The quantitative estimate of drug-likeness (QED) is 0.876. The minimum Gasteiger partial charge on any atom is -0.438 e. The summed E-state index contributed by atoms with van der Waals surface area (Å²) < 4.78 is 6.01. The summed E-state index contributed by atoms with van der Waals surface area (Å²) in [6, 6.07) is 9.16. The van der Waals surface area contributed by atoms with Crippen molar-refractivity contribution in [3.63, 3.8) is 0 Å². The zero-order valence-corrected chi connectivity index (χ0v) is 14.3. The van der Waals surface area contributed by atoms with E-state index in [1.807, 2.05) is 38.1 Å². The molecule has 6 nitrogen and oxygen atoms in total. The minimum atomic E-state index is -0.452. The maximum absolute atomic E-state index is 12.2. The van der Waals surface area contributed by atoms with Crippen molar-refractivity contribution >= 4 is 11.8 Å². The molecule has 1 aromatic carbocycles. The van der Waals surface area contributed by atoms with Crippen LogP contribution in [0.4, 0.5) is 0 Å². The summed E-state index contributed by atoms with van der Waals surface area (Å²) in [5.41, 5.74) is 2.83. The van der Waals surface area contributed by atoms with Gasteiger partial charge in [0.25, 0.3) is 0 Å². The molecule has 1 aliphatic heterocycles. The Morgan fingerprint density at radius 2 is 2.04 bits per heavy atom. The van der Waals surface area contributed by atoms with Gasteiger partial charge in [-0.2, -0.15) is 0 Å². The van der Waals surface area contributed by atoms with Crippen molar-refractivity contribution in [3.05, 3.63) is 53.2 Å². The predicted molar refractivity (Wildman–Crippen MR) is 93.2 cm³/mol. The second kappa shape index (κ2) is 7.34. The first-order chi connectivity index (χ1) is 12.0. The normalized spacial score (nSPS) is 16.4. The number of pyridine rings is 1. The molecule has 3 rings (SSSR count). The van der Waals surface area contributed by atoms with E-state index >= 15 is 0 Å². The van der Waals surface area contributed by atoms with E-state index < -0.39 is 6.04 Å². The lowest BCUT2D eigenvalue weighted by atomic mass is 10.1. The molecular formula is C19H21N3O3. The number of carbonyl (C=O) groups is 2. The number of nitrogens with one attached hydrogen (secondary N) is 2. The fraction of sp³-hybridized carbons (Fsp3) is 0.316. The fourth-order valence-corrected chi connectivity index (χ4v) is 2.82. The first-order valence-electron chi connectivity index (χ1n) is 8.29. The van der Waals surface area contributed by atoms with Crippen LogP contribution in [-0.2, 0) is 16.1 Å². The highest BCUT2D eigenvalue weighted by Crippen LogP contribution is 2.29. The fourth-order valence-electron chi connectivity index (χ4n) is 2.82. The van der Waals surface area contributed by atoms with Gasteiger partial charge in [0.2, 0.25) is 17.7 Å². The Kier molecular flexibility index (Phi) is 4.97. The molecule has 0 bridgehead atoms. The van der Waals surface area contributed by atoms with E-state index in [9.17, 15) is 9.59 Å². The highest BCUT2D eigenvalue weighted by Gasteiger charge is 2.27. The van der Waals surface area contributed by atoms with Gasteiger partial charge in [-0.05, 0) is 37.5 Å². The van der Waals surface area contributed by atoms with Gasteiger partial charge < -0.3 is 15.4 Å². The van der Waals surface area contributed by atoms with Crippen molar-refractivity contribution in [1.29, 1.82) is 0 Å². The van der Waals surface area contributed by atoms with Crippen LogP contribution in [0.1, 0.15) is 29.5 Å². The highest BCUT2D eigenvalue weighted by molar-refractivity contribution is 5.90. The van der Waals surface area contributed by atoms with E-state index in [1.54, 1.807) is 12.3 Å². The van der Waals surface area contributed by atoms with Gasteiger partial charge in [0, 0.05) is 24.7 Å². The molecule has 0 radical (unpaired) electrons. The van der Waals surface area contributed by atoms with Crippen molar-refractivity contribution in [2.45, 2.75) is 39.3 Å². The second-order valence-electron chi connectivity index (χ2n) is 6.17.